The summed E-state index contributed by atoms with van der Waals surface area (Å²) in [5.74, 6) is 1.98. The van der Waals surface area contributed by atoms with Gasteiger partial charge in [0.2, 0.25) is 10.8 Å². The molecule has 3 aliphatic rings. The van der Waals surface area contributed by atoms with E-state index in [9.17, 15) is 9.66 Å². The van der Waals surface area contributed by atoms with Crippen LogP contribution in [0.4, 0.5) is 11.8 Å². The molecular weight excluding hydrogens is 448 g/mol. The molecule has 9 heteroatoms. The predicted octanol–water partition coefficient (Wildman–Crippen LogP) is 2.85. The lowest BCUT2D eigenvalue weighted by Crippen LogP contribution is -2.49. The van der Waals surface area contributed by atoms with E-state index in [0.29, 0.717) is 17.5 Å². The Labute approximate surface area is 173 Å². The van der Waals surface area contributed by atoms with E-state index in [0.717, 1.165) is 55.8 Å². The van der Waals surface area contributed by atoms with Crippen molar-refractivity contribution in [2.45, 2.75) is 49.1 Å². The Hall–Kier alpha value is -0.870. The molecular formula is C18H21BrN4O2S2. The summed E-state index contributed by atoms with van der Waals surface area (Å²) in [6, 6.07) is 0. The minimum absolute atomic E-state index is 0.0735. The monoisotopic (exact) mass is 468 g/mol. The maximum absolute atomic E-state index is 12.5. The van der Waals surface area contributed by atoms with E-state index in [4.69, 9.17) is 9.97 Å². The SMILES string of the molecule is [O-][S@+]1CCc2nc(N3CCc4c(Br)csc4C3)nc(NC3(CO)CCC3)c21. The highest BCUT2D eigenvalue weighted by molar-refractivity contribution is 9.10. The van der Waals surface area contributed by atoms with Gasteiger partial charge in [-0.05, 0) is 58.4 Å². The number of rotatable bonds is 4. The van der Waals surface area contributed by atoms with Crippen molar-refractivity contribution in [3.05, 3.63) is 26.0 Å². The van der Waals surface area contributed by atoms with E-state index in [1.165, 1.54) is 14.9 Å². The van der Waals surface area contributed by atoms with Gasteiger partial charge < -0.3 is 19.9 Å². The molecule has 0 radical (unpaired) electrons. The third kappa shape index (κ3) is 3.07. The van der Waals surface area contributed by atoms with Gasteiger partial charge in [0.15, 0.2) is 5.82 Å². The number of thiophene rings is 1. The third-order valence-corrected chi connectivity index (χ3v) is 9.33. The Morgan fingerprint density at radius 3 is 2.96 bits per heavy atom. The molecule has 2 aromatic heterocycles. The zero-order valence-electron chi connectivity index (χ0n) is 14.8. The number of aryl methyl sites for hydroxylation is 1. The first kappa shape index (κ1) is 18.2. The molecule has 0 aromatic carbocycles. The van der Waals surface area contributed by atoms with Crippen LogP contribution in [0.2, 0.25) is 0 Å². The van der Waals surface area contributed by atoms with Crippen LogP contribution in [0.25, 0.3) is 0 Å². The van der Waals surface area contributed by atoms with Gasteiger partial charge >= 0.3 is 0 Å². The van der Waals surface area contributed by atoms with Gasteiger partial charge in [0.05, 0.1) is 18.7 Å². The number of aliphatic hydroxyl groups excluding tert-OH is 1. The summed E-state index contributed by atoms with van der Waals surface area (Å²) >= 11 is 4.34. The molecule has 6 nitrogen and oxygen atoms in total. The van der Waals surface area contributed by atoms with E-state index in [1.807, 2.05) is 0 Å². The molecule has 4 heterocycles. The fourth-order valence-corrected chi connectivity index (χ4v) is 7.17. The summed E-state index contributed by atoms with van der Waals surface area (Å²) in [7, 11) is 0. The highest BCUT2D eigenvalue weighted by atomic mass is 79.9. The lowest BCUT2D eigenvalue weighted by molar-refractivity contribution is 0.143. The number of nitrogens with one attached hydrogen (secondary N) is 1. The van der Waals surface area contributed by atoms with Crippen LogP contribution < -0.4 is 10.2 Å². The molecule has 0 bridgehead atoms. The van der Waals surface area contributed by atoms with E-state index in [1.54, 1.807) is 11.3 Å². The van der Waals surface area contributed by atoms with Crippen LogP contribution >= 0.6 is 27.3 Å². The fourth-order valence-electron chi connectivity index (χ4n) is 4.05. The molecule has 27 heavy (non-hydrogen) atoms. The smallest absolute Gasteiger partial charge is 0.228 e. The van der Waals surface area contributed by atoms with Crippen LogP contribution in [-0.4, -0.2) is 44.1 Å². The van der Waals surface area contributed by atoms with Gasteiger partial charge in [-0.1, -0.05) is 0 Å². The fraction of sp³-hybridized carbons (Fsp3) is 0.556. The standard InChI is InChI=1S/C18H21BrN4O2S2/c19-12-9-26-14-8-23(6-2-11(12)14)17-20-13-3-7-27(25)15(13)16(21-17)22-18(10-24)4-1-5-18/h9,24H,1-8,10H2,(H,20,21,22)/t27-/m1/s1. The molecule has 1 atom stereocenters. The van der Waals surface area contributed by atoms with Gasteiger partial charge in [0.25, 0.3) is 0 Å². The number of anilines is 2. The number of aromatic nitrogens is 2. The van der Waals surface area contributed by atoms with Gasteiger partial charge in [-0.25, -0.2) is 4.98 Å². The van der Waals surface area contributed by atoms with Crippen LogP contribution in [0.5, 0.6) is 0 Å². The largest absolute Gasteiger partial charge is 0.611 e. The number of halogens is 1. The summed E-state index contributed by atoms with van der Waals surface area (Å²) in [6.07, 6.45) is 4.62. The van der Waals surface area contributed by atoms with Crippen molar-refractivity contribution in [2.24, 2.45) is 0 Å². The molecule has 0 amide bonds. The zero-order valence-corrected chi connectivity index (χ0v) is 18.1. The highest BCUT2D eigenvalue weighted by Gasteiger charge is 2.41. The van der Waals surface area contributed by atoms with Crippen molar-refractivity contribution in [1.82, 2.24) is 9.97 Å². The molecule has 2 aliphatic heterocycles. The molecule has 2 aromatic rings. The molecule has 0 unspecified atom stereocenters. The van der Waals surface area contributed by atoms with Crippen molar-refractivity contribution >= 4 is 50.2 Å². The second-order valence-corrected chi connectivity index (χ2v) is 10.8. The Morgan fingerprint density at radius 2 is 2.22 bits per heavy atom. The van der Waals surface area contributed by atoms with Crippen molar-refractivity contribution in [3.63, 3.8) is 0 Å². The molecule has 1 saturated carbocycles. The number of fused-ring (bicyclic) bond motifs is 2. The van der Waals surface area contributed by atoms with E-state index in [-0.39, 0.29) is 12.1 Å². The molecule has 1 aliphatic carbocycles. The highest BCUT2D eigenvalue weighted by Crippen LogP contribution is 2.40. The number of aliphatic hydroxyl groups is 1. The molecule has 144 valence electrons. The van der Waals surface area contributed by atoms with Crippen LogP contribution in [0.3, 0.4) is 0 Å². The van der Waals surface area contributed by atoms with Gasteiger partial charge in [-0.3, -0.25) is 0 Å². The number of hydrogen-bond donors (Lipinski definition) is 2. The summed E-state index contributed by atoms with van der Waals surface area (Å²) < 4.78 is 13.7. The maximum atomic E-state index is 12.5. The van der Waals surface area contributed by atoms with Crippen molar-refractivity contribution in [2.75, 3.05) is 29.1 Å². The van der Waals surface area contributed by atoms with E-state index < -0.39 is 11.2 Å². The quantitative estimate of drug-likeness (QED) is 0.671. The lowest BCUT2D eigenvalue weighted by atomic mass is 9.77. The maximum Gasteiger partial charge on any atom is 0.228 e. The molecule has 0 spiro atoms. The summed E-state index contributed by atoms with van der Waals surface area (Å²) in [5.41, 5.74) is 1.97. The Kier molecular flexibility index (Phi) is 4.63. The van der Waals surface area contributed by atoms with Gasteiger partial charge in [-0.2, -0.15) is 4.98 Å². The third-order valence-electron chi connectivity index (χ3n) is 5.85. The number of nitrogens with zero attached hydrogens (tertiary/aromatic N) is 3. The second-order valence-electron chi connectivity index (χ2n) is 7.52. The van der Waals surface area contributed by atoms with Gasteiger partial charge in [0, 0.05) is 27.7 Å². The van der Waals surface area contributed by atoms with E-state index >= 15 is 0 Å². The minimum atomic E-state index is -1.06. The number of hydrogen-bond acceptors (Lipinski definition) is 7. The van der Waals surface area contributed by atoms with E-state index in [2.05, 4.69) is 31.5 Å². The zero-order chi connectivity index (χ0) is 18.6. The molecule has 0 saturated heterocycles. The first-order valence-electron chi connectivity index (χ1n) is 9.26. The normalized spacial score (nSPS) is 22.9. The molecule has 2 N–H and O–H groups in total. The van der Waals surface area contributed by atoms with Crippen molar-refractivity contribution < 1.29 is 9.66 Å². The van der Waals surface area contributed by atoms with Crippen molar-refractivity contribution in [1.29, 1.82) is 0 Å². The summed E-state index contributed by atoms with van der Waals surface area (Å²) in [4.78, 5) is 13.9. The Bertz CT molecular complexity index is 881. The minimum Gasteiger partial charge on any atom is -0.611 e. The Balaban J connectivity index is 1.50. The average Bonchev–Trinajstić information content (AvgIpc) is 3.21. The first-order valence-corrected chi connectivity index (χ1v) is 12.3. The summed E-state index contributed by atoms with van der Waals surface area (Å²) in [5, 5.41) is 15.4. The van der Waals surface area contributed by atoms with Crippen LogP contribution in [0.15, 0.2) is 14.7 Å². The van der Waals surface area contributed by atoms with Crippen LogP contribution in [-0.2, 0) is 30.6 Å². The predicted molar refractivity (Wildman–Crippen MR) is 111 cm³/mol. The molecule has 5 rings (SSSR count). The Morgan fingerprint density at radius 1 is 1.37 bits per heavy atom. The van der Waals surface area contributed by atoms with Gasteiger partial charge in [0.1, 0.15) is 11.4 Å². The molecule has 1 fully saturated rings. The second kappa shape index (κ2) is 6.88. The van der Waals surface area contributed by atoms with Gasteiger partial charge in [-0.15, -0.1) is 11.3 Å². The summed E-state index contributed by atoms with van der Waals surface area (Å²) in [6.45, 7) is 1.75. The van der Waals surface area contributed by atoms with Crippen molar-refractivity contribution in [3.8, 4) is 0 Å². The van der Waals surface area contributed by atoms with Crippen LogP contribution in [0.1, 0.15) is 35.4 Å². The first-order chi connectivity index (χ1) is 13.1. The average molecular weight is 469 g/mol. The topological polar surface area (TPSA) is 84.3 Å². The van der Waals surface area contributed by atoms with Crippen LogP contribution in [0, 0.1) is 0 Å². The lowest BCUT2D eigenvalue weighted by Gasteiger charge is -2.41.